The summed E-state index contributed by atoms with van der Waals surface area (Å²) in [6, 6.07) is 0.486. The molecule has 0 aliphatic heterocycles. The summed E-state index contributed by atoms with van der Waals surface area (Å²) in [5.41, 5.74) is 1.10. The van der Waals surface area contributed by atoms with Crippen LogP contribution in [0.1, 0.15) is 26.3 Å². The monoisotopic (exact) mass is 211 g/mol. The van der Waals surface area contributed by atoms with Gasteiger partial charge in [-0.05, 0) is 20.0 Å². The Bertz CT molecular complexity index is 244. The molecular formula is C11H21N3O. The number of hydrogen-bond acceptors (Lipinski definition) is 4. The Morgan fingerprint density at radius 2 is 2.20 bits per heavy atom. The number of likely N-dealkylation sites (N-methyl/N-ethyl adjacent to an activating group) is 1. The minimum absolute atomic E-state index is 0.486. The largest absolute Gasteiger partial charge is 0.364 e. The Kier molecular flexibility index (Phi) is 5.36. The van der Waals surface area contributed by atoms with E-state index in [0.29, 0.717) is 6.04 Å². The fourth-order valence-electron chi connectivity index (χ4n) is 1.54. The molecule has 0 spiro atoms. The van der Waals surface area contributed by atoms with Crippen molar-refractivity contribution < 1.29 is 4.52 Å². The molecule has 1 rings (SSSR count). The van der Waals surface area contributed by atoms with Gasteiger partial charge in [0.05, 0.1) is 6.20 Å². The summed E-state index contributed by atoms with van der Waals surface area (Å²) < 4.78 is 4.77. The van der Waals surface area contributed by atoms with Gasteiger partial charge in [0.25, 0.3) is 0 Å². The normalized spacial score (nSPS) is 13.3. The molecular weight excluding hydrogens is 190 g/mol. The lowest BCUT2D eigenvalue weighted by Gasteiger charge is -2.23. The van der Waals surface area contributed by atoms with Crippen LogP contribution in [0.5, 0.6) is 0 Å². The molecule has 1 atom stereocenters. The smallest absolute Gasteiger partial charge is 0.128 e. The molecule has 0 aliphatic carbocycles. The molecule has 0 aliphatic rings. The van der Waals surface area contributed by atoms with Gasteiger partial charge in [-0.25, -0.2) is 0 Å². The van der Waals surface area contributed by atoms with E-state index in [1.807, 2.05) is 0 Å². The van der Waals surface area contributed by atoms with E-state index in [0.717, 1.165) is 31.7 Å². The van der Waals surface area contributed by atoms with Crippen LogP contribution in [0.4, 0.5) is 0 Å². The topological polar surface area (TPSA) is 41.3 Å². The van der Waals surface area contributed by atoms with Gasteiger partial charge in [0.15, 0.2) is 0 Å². The highest BCUT2D eigenvalue weighted by Gasteiger charge is 2.06. The van der Waals surface area contributed by atoms with E-state index in [1.54, 1.807) is 12.5 Å². The van der Waals surface area contributed by atoms with Crippen LogP contribution < -0.4 is 5.32 Å². The third kappa shape index (κ3) is 4.44. The molecule has 1 heterocycles. The molecule has 0 aromatic carbocycles. The van der Waals surface area contributed by atoms with Crippen LogP contribution in [-0.2, 0) is 6.54 Å². The predicted molar refractivity (Wildman–Crippen MR) is 60.6 cm³/mol. The molecule has 4 nitrogen and oxygen atoms in total. The lowest BCUT2D eigenvalue weighted by atomic mass is 10.2. The molecule has 0 fully saturated rings. The van der Waals surface area contributed by atoms with Crippen molar-refractivity contribution in [3.8, 4) is 0 Å². The average molecular weight is 211 g/mol. The van der Waals surface area contributed by atoms with Gasteiger partial charge in [-0.15, -0.1) is 0 Å². The molecule has 15 heavy (non-hydrogen) atoms. The number of rotatable bonds is 7. The molecule has 0 saturated heterocycles. The fraction of sp³-hybridized carbons (Fsp3) is 0.727. The molecule has 1 aromatic rings. The van der Waals surface area contributed by atoms with Crippen LogP contribution in [0.25, 0.3) is 0 Å². The second-order valence-corrected chi connectivity index (χ2v) is 3.80. The van der Waals surface area contributed by atoms with Crippen LogP contribution in [0, 0.1) is 0 Å². The quantitative estimate of drug-likeness (QED) is 0.742. The second kappa shape index (κ2) is 6.58. The summed E-state index contributed by atoms with van der Waals surface area (Å²) in [5, 5.41) is 7.11. The molecule has 0 radical (unpaired) electrons. The van der Waals surface area contributed by atoms with Crippen molar-refractivity contribution in [3.63, 3.8) is 0 Å². The average Bonchev–Trinajstić information content (AvgIpc) is 2.75. The zero-order valence-electron chi connectivity index (χ0n) is 9.86. The standard InChI is InChI=1S/C11H21N3O/c1-4-14(5-2)8-10(3)12-6-11-7-13-15-9-11/h7,9-10,12H,4-6,8H2,1-3H3. The molecule has 0 saturated carbocycles. The third-order valence-electron chi connectivity index (χ3n) is 2.56. The van der Waals surface area contributed by atoms with Gasteiger partial charge >= 0.3 is 0 Å². The van der Waals surface area contributed by atoms with Crippen LogP contribution in [0.2, 0.25) is 0 Å². The van der Waals surface area contributed by atoms with Gasteiger partial charge < -0.3 is 14.7 Å². The molecule has 86 valence electrons. The number of aromatic nitrogens is 1. The van der Waals surface area contributed by atoms with Crippen molar-refractivity contribution in [2.24, 2.45) is 0 Å². The molecule has 0 bridgehead atoms. The SMILES string of the molecule is CCN(CC)CC(C)NCc1cnoc1. The molecule has 1 aromatic heterocycles. The lowest BCUT2D eigenvalue weighted by Crippen LogP contribution is -2.38. The van der Waals surface area contributed by atoms with Gasteiger partial charge in [0, 0.05) is 24.7 Å². The zero-order valence-corrected chi connectivity index (χ0v) is 9.86. The van der Waals surface area contributed by atoms with Crippen LogP contribution >= 0.6 is 0 Å². The van der Waals surface area contributed by atoms with Crippen molar-refractivity contribution in [3.05, 3.63) is 18.0 Å². The highest BCUT2D eigenvalue weighted by molar-refractivity contribution is 4.99. The molecule has 1 unspecified atom stereocenters. The fourth-order valence-corrected chi connectivity index (χ4v) is 1.54. The summed E-state index contributed by atoms with van der Waals surface area (Å²) in [6.07, 6.45) is 3.42. The van der Waals surface area contributed by atoms with E-state index in [2.05, 4.69) is 36.1 Å². The van der Waals surface area contributed by atoms with Gasteiger partial charge in [0.1, 0.15) is 6.26 Å². The highest BCUT2D eigenvalue weighted by Crippen LogP contribution is 1.97. The van der Waals surface area contributed by atoms with Crippen LogP contribution in [-0.4, -0.2) is 35.7 Å². The Balaban J connectivity index is 2.21. The van der Waals surface area contributed by atoms with Crippen molar-refractivity contribution in [2.75, 3.05) is 19.6 Å². The summed E-state index contributed by atoms with van der Waals surface area (Å²) in [4.78, 5) is 2.41. The summed E-state index contributed by atoms with van der Waals surface area (Å²) in [5.74, 6) is 0. The highest BCUT2D eigenvalue weighted by atomic mass is 16.5. The van der Waals surface area contributed by atoms with Crippen molar-refractivity contribution in [2.45, 2.75) is 33.4 Å². The van der Waals surface area contributed by atoms with Crippen molar-refractivity contribution in [1.29, 1.82) is 0 Å². The first-order valence-electron chi connectivity index (χ1n) is 5.60. The van der Waals surface area contributed by atoms with E-state index in [4.69, 9.17) is 4.52 Å². The maximum absolute atomic E-state index is 4.77. The van der Waals surface area contributed by atoms with Gasteiger partial charge in [-0.3, -0.25) is 0 Å². The first kappa shape index (κ1) is 12.2. The van der Waals surface area contributed by atoms with Gasteiger partial charge in [-0.1, -0.05) is 19.0 Å². The Labute approximate surface area is 91.6 Å². The Morgan fingerprint density at radius 1 is 1.47 bits per heavy atom. The van der Waals surface area contributed by atoms with E-state index >= 15 is 0 Å². The van der Waals surface area contributed by atoms with Crippen LogP contribution in [0.3, 0.4) is 0 Å². The summed E-state index contributed by atoms with van der Waals surface area (Å²) in [7, 11) is 0. The maximum Gasteiger partial charge on any atom is 0.128 e. The van der Waals surface area contributed by atoms with Crippen molar-refractivity contribution >= 4 is 0 Å². The predicted octanol–water partition coefficient (Wildman–Crippen LogP) is 1.49. The number of nitrogens with one attached hydrogen (secondary N) is 1. The minimum Gasteiger partial charge on any atom is -0.364 e. The maximum atomic E-state index is 4.77. The summed E-state index contributed by atoms with van der Waals surface area (Å²) in [6.45, 7) is 10.7. The lowest BCUT2D eigenvalue weighted by molar-refractivity contribution is 0.270. The van der Waals surface area contributed by atoms with E-state index in [9.17, 15) is 0 Å². The van der Waals surface area contributed by atoms with Crippen LogP contribution in [0.15, 0.2) is 17.0 Å². The van der Waals surface area contributed by atoms with E-state index in [1.165, 1.54) is 0 Å². The minimum atomic E-state index is 0.486. The first-order valence-corrected chi connectivity index (χ1v) is 5.60. The molecule has 1 N–H and O–H groups in total. The number of hydrogen-bond donors (Lipinski definition) is 1. The van der Waals surface area contributed by atoms with E-state index in [-0.39, 0.29) is 0 Å². The van der Waals surface area contributed by atoms with Gasteiger partial charge in [-0.2, -0.15) is 0 Å². The third-order valence-corrected chi connectivity index (χ3v) is 2.56. The zero-order chi connectivity index (χ0) is 11.1. The second-order valence-electron chi connectivity index (χ2n) is 3.80. The van der Waals surface area contributed by atoms with Crippen molar-refractivity contribution in [1.82, 2.24) is 15.4 Å². The first-order chi connectivity index (χ1) is 7.26. The molecule has 0 amide bonds. The van der Waals surface area contributed by atoms with E-state index < -0.39 is 0 Å². The molecule has 4 heteroatoms. The van der Waals surface area contributed by atoms with Gasteiger partial charge in [0.2, 0.25) is 0 Å². The summed E-state index contributed by atoms with van der Waals surface area (Å²) >= 11 is 0. The Hall–Kier alpha value is -0.870. The Morgan fingerprint density at radius 3 is 2.73 bits per heavy atom. The number of nitrogens with zero attached hydrogens (tertiary/aromatic N) is 2.